The topological polar surface area (TPSA) is 88.6 Å². The Balaban J connectivity index is 1.43. The number of benzene rings is 1. The molecule has 0 unspecified atom stereocenters. The third-order valence-corrected chi connectivity index (χ3v) is 10.3. The first-order chi connectivity index (χ1) is 19.9. The number of ether oxygens (including phenoxy) is 1. The molecule has 0 saturated carbocycles. The SMILES string of the molecule is C=C(CN1CCSCC1)C(=O)CC[C@@H](NC(=O)[C@@H](CC(=O)CC)Cc1nc2ccc(CC)cc2s1)C1CCOCC1. The molecule has 1 aromatic heterocycles. The molecule has 2 fully saturated rings. The van der Waals surface area contributed by atoms with Gasteiger partial charge in [0.05, 0.1) is 21.1 Å². The van der Waals surface area contributed by atoms with Crippen LogP contribution in [0.3, 0.4) is 0 Å². The predicted molar refractivity (Wildman–Crippen MR) is 169 cm³/mol. The number of fused-ring (bicyclic) bond motifs is 1. The number of hydrogen-bond acceptors (Lipinski definition) is 8. The van der Waals surface area contributed by atoms with E-state index in [1.54, 1.807) is 11.3 Å². The van der Waals surface area contributed by atoms with Gasteiger partial charge in [0.1, 0.15) is 5.78 Å². The maximum atomic E-state index is 13.8. The van der Waals surface area contributed by atoms with Crippen molar-refractivity contribution in [3.8, 4) is 0 Å². The van der Waals surface area contributed by atoms with Crippen LogP contribution < -0.4 is 5.32 Å². The number of aromatic nitrogens is 1. The summed E-state index contributed by atoms with van der Waals surface area (Å²) >= 11 is 3.56. The van der Waals surface area contributed by atoms with E-state index in [4.69, 9.17) is 9.72 Å². The lowest BCUT2D eigenvalue weighted by molar-refractivity contribution is -0.130. The third kappa shape index (κ3) is 9.46. The molecule has 0 spiro atoms. The second-order valence-corrected chi connectivity index (χ2v) is 13.6. The van der Waals surface area contributed by atoms with Crippen molar-refractivity contribution in [3.63, 3.8) is 0 Å². The summed E-state index contributed by atoms with van der Waals surface area (Å²) in [7, 11) is 0. The fraction of sp³-hybridized carbons (Fsp3) is 0.625. The molecule has 9 heteroatoms. The number of nitrogens with zero attached hydrogens (tertiary/aromatic N) is 2. The average molecular weight is 600 g/mol. The molecule has 4 rings (SSSR count). The molecule has 2 atom stereocenters. The van der Waals surface area contributed by atoms with E-state index in [1.807, 2.05) is 24.8 Å². The first kappa shape index (κ1) is 31.9. The van der Waals surface area contributed by atoms with Crippen LogP contribution in [0.15, 0.2) is 30.4 Å². The van der Waals surface area contributed by atoms with Gasteiger partial charge in [-0.05, 0) is 49.3 Å². The number of Topliss-reactive ketones (excluding diaryl/α,β-unsaturated/α-hetero) is 2. The summed E-state index contributed by atoms with van der Waals surface area (Å²) < 4.78 is 6.70. The quantitative estimate of drug-likeness (QED) is 0.280. The molecule has 2 aromatic rings. The van der Waals surface area contributed by atoms with Crippen molar-refractivity contribution in [1.29, 1.82) is 0 Å². The number of thioether (sulfide) groups is 1. The number of ketones is 2. The summed E-state index contributed by atoms with van der Waals surface area (Å²) in [5.74, 6) is 1.98. The number of thiazole rings is 1. The third-order valence-electron chi connectivity index (χ3n) is 8.32. The van der Waals surface area contributed by atoms with Crippen LogP contribution in [-0.4, -0.2) is 77.8 Å². The van der Waals surface area contributed by atoms with Crippen molar-refractivity contribution < 1.29 is 19.1 Å². The minimum atomic E-state index is -0.487. The number of carbonyl (C=O) groups is 3. The number of rotatable bonds is 15. The summed E-state index contributed by atoms with van der Waals surface area (Å²) in [4.78, 5) is 46.5. The number of aryl methyl sites for hydroxylation is 1. The van der Waals surface area contributed by atoms with E-state index in [0.717, 1.165) is 59.1 Å². The van der Waals surface area contributed by atoms with Gasteiger partial charge in [0.15, 0.2) is 5.78 Å². The Bertz CT molecular complexity index is 1200. The van der Waals surface area contributed by atoms with Crippen LogP contribution in [0.2, 0.25) is 0 Å². The van der Waals surface area contributed by atoms with Gasteiger partial charge in [0, 0.05) is 81.7 Å². The molecule has 2 aliphatic rings. The van der Waals surface area contributed by atoms with Crippen molar-refractivity contribution in [2.24, 2.45) is 11.8 Å². The highest BCUT2D eigenvalue weighted by Gasteiger charge is 2.30. The first-order valence-electron chi connectivity index (χ1n) is 15.2. The normalized spacial score (nSPS) is 18.2. The summed E-state index contributed by atoms with van der Waals surface area (Å²) in [5.41, 5.74) is 2.85. The van der Waals surface area contributed by atoms with Crippen molar-refractivity contribution in [1.82, 2.24) is 15.2 Å². The van der Waals surface area contributed by atoms with E-state index in [-0.39, 0.29) is 35.9 Å². The monoisotopic (exact) mass is 599 g/mol. The zero-order valence-electron chi connectivity index (χ0n) is 24.6. The van der Waals surface area contributed by atoms with E-state index in [2.05, 4.69) is 35.9 Å². The van der Waals surface area contributed by atoms with E-state index in [1.165, 1.54) is 5.56 Å². The van der Waals surface area contributed by atoms with Crippen LogP contribution in [0, 0.1) is 11.8 Å². The van der Waals surface area contributed by atoms with Crippen molar-refractivity contribution in [2.75, 3.05) is 44.4 Å². The smallest absolute Gasteiger partial charge is 0.224 e. The number of carbonyl (C=O) groups excluding carboxylic acids is 3. The van der Waals surface area contributed by atoms with E-state index in [0.29, 0.717) is 51.0 Å². The lowest BCUT2D eigenvalue weighted by atomic mass is 9.87. The maximum Gasteiger partial charge on any atom is 0.224 e. The molecule has 0 radical (unpaired) electrons. The van der Waals surface area contributed by atoms with Gasteiger partial charge in [0.2, 0.25) is 5.91 Å². The van der Waals surface area contributed by atoms with Gasteiger partial charge in [0.25, 0.3) is 0 Å². The molecule has 2 aliphatic heterocycles. The molecule has 0 aliphatic carbocycles. The van der Waals surface area contributed by atoms with Crippen LogP contribution in [0.1, 0.15) is 62.9 Å². The minimum absolute atomic E-state index is 0.0738. The van der Waals surface area contributed by atoms with E-state index >= 15 is 0 Å². The van der Waals surface area contributed by atoms with Gasteiger partial charge in [-0.2, -0.15) is 11.8 Å². The van der Waals surface area contributed by atoms with E-state index < -0.39 is 5.92 Å². The van der Waals surface area contributed by atoms with Crippen LogP contribution >= 0.6 is 23.1 Å². The van der Waals surface area contributed by atoms with Gasteiger partial charge < -0.3 is 10.1 Å². The van der Waals surface area contributed by atoms with Gasteiger partial charge in [-0.1, -0.05) is 26.5 Å². The van der Waals surface area contributed by atoms with Crippen LogP contribution in [0.5, 0.6) is 0 Å². The minimum Gasteiger partial charge on any atom is -0.381 e. The first-order valence-corrected chi connectivity index (χ1v) is 17.1. The Labute approximate surface area is 252 Å². The fourth-order valence-electron chi connectivity index (χ4n) is 5.64. The van der Waals surface area contributed by atoms with Crippen LogP contribution in [-0.2, 0) is 32.0 Å². The zero-order chi connectivity index (χ0) is 29.2. The summed E-state index contributed by atoms with van der Waals surface area (Å²) in [5, 5.41) is 4.18. The number of hydrogen-bond donors (Lipinski definition) is 1. The number of nitrogens with one attached hydrogen (secondary N) is 1. The van der Waals surface area contributed by atoms with Crippen molar-refractivity contribution in [2.45, 2.75) is 71.3 Å². The van der Waals surface area contributed by atoms with Gasteiger partial charge in [-0.3, -0.25) is 19.3 Å². The van der Waals surface area contributed by atoms with Crippen molar-refractivity contribution >= 4 is 50.8 Å². The van der Waals surface area contributed by atoms with Crippen LogP contribution in [0.4, 0.5) is 0 Å². The standard InChI is InChI=1S/C32H45N3O4S2/c1-4-23-6-7-28-30(18-23)41-31(33-28)20-25(19-26(36)5-2)32(38)34-27(24-10-14-39-15-11-24)8-9-29(37)22(3)21-35-12-16-40-17-13-35/h6-7,18,24-25,27H,3-5,8-17,19-21H2,1-2H3,(H,34,38)/t25-,27+/m0/s1. The highest BCUT2D eigenvalue weighted by Crippen LogP contribution is 2.28. The fourth-order valence-corrected chi connectivity index (χ4v) is 7.73. The largest absolute Gasteiger partial charge is 0.381 e. The summed E-state index contributed by atoms with van der Waals surface area (Å²) in [6, 6.07) is 6.16. The Morgan fingerprint density at radius 2 is 1.93 bits per heavy atom. The van der Waals surface area contributed by atoms with Gasteiger partial charge >= 0.3 is 0 Å². The summed E-state index contributed by atoms with van der Waals surface area (Å²) in [6.07, 6.45) is 4.62. The van der Waals surface area contributed by atoms with E-state index in [9.17, 15) is 14.4 Å². The average Bonchev–Trinajstić information content (AvgIpc) is 3.40. The lowest BCUT2D eigenvalue weighted by Crippen LogP contribution is -2.46. The van der Waals surface area contributed by atoms with Gasteiger partial charge in [-0.25, -0.2) is 4.98 Å². The second kappa shape index (κ2) is 16.0. The molecular weight excluding hydrogens is 555 g/mol. The predicted octanol–water partition coefficient (Wildman–Crippen LogP) is 5.25. The van der Waals surface area contributed by atoms with Crippen molar-refractivity contribution in [3.05, 3.63) is 40.9 Å². The summed E-state index contributed by atoms with van der Waals surface area (Å²) in [6.45, 7) is 12.0. The molecule has 224 valence electrons. The molecule has 2 saturated heterocycles. The molecule has 1 N–H and O–H groups in total. The van der Waals surface area contributed by atoms with Gasteiger partial charge in [-0.15, -0.1) is 11.3 Å². The number of amides is 1. The molecule has 3 heterocycles. The molecule has 1 aromatic carbocycles. The van der Waals surface area contributed by atoms with Crippen LogP contribution in [0.25, 0.3) is 10.2 Å². The maximum absolute atomic E-state index is 13.8. The lowest BCUT2D eigenvalue weighted by Gasteiger charge is -2.32. The highest BCUT2D eigenvalue weighted by atomic mass is 32.2. The zero-order valence-corrected chi connectivity index (χ0v) is 26.3. The molecule has 7 nitrogen and oxygen atoms in total. The highest BCUT2D eigenvalue weighted by molar-refractivity contribution is 7.99. The molecule has 1 amide bonds. The Hall–Kier alpha value is -2.07. The Morgan fingerprint density at radius 1 is 1.17 bits per heavy atom. The Kier molecular flexibility index (Phi) is 12.4. The molecular formula is C32H45N3O4S2. The Morgan fingerprint density at radius 3 is 2.63 bits per heavy atom. The molecule has 0 bridgehead atoms. The second-order valence-electron chi connectivity index (χ2n) is 11.3. The molecule has 41 heavy (non-hydrogen) atoms.